The lowest BCUT2D eigenvalue weighted by Crippen LogP contribution is -2.37. The number of H-pyrrole nitrogens is 1. The minimum atomic E-state index is -0.744. The van der Waals surface area contributed by atoms with E-state index in [0.717, 1.165) is 29.4 Å². The Bertz CT molecular complexity index is 784. The molecule has 2 N–H and O–H groups in total. The molecule has 0 bridgehead atoms. The number of aromatic nitrogens is 2. The zero-order valence-electron chi connectivity index (χ0n) is 12.8. The fourth-order valence-corrected chi connectivity index (χ4v) is 4.26. The zero-order valence-corrected chi connectivity index (χ0v) is 12.8. The summed E-state index contributed by atoms with van der Waals surface area (Å²) in [5, 5.41) is 10.6. The highest BCUT2D eigenvalue weighted by molar-refractivity contribution is 5.88. The number of hydrogen-bond donors (Lipinski definition) is 2. The molecule has 2 atom stereocenters. The Kier molecular flexibility index (Phi) is 3.14. The van der Waals surface area contributed by atoms with E-state index in [4.69, 9.17) is 0 Å². The largest absolute Gasteiger partial charge is 0.481 e. The summed E-state index contributed by atoms with van der Waals surface area (Å²) < 4.78 is 0. The summed E-state index contributed by atoms with van der Waals surface area (Å²) in [5.74, 6) is -0.634. The molecule has 23 heavy (non-hydrogen) atoms. The minimum absolute atomic E-state index is 0.00442. The van der Waals surface area contributed by atoms with Gasteiger partial charge in [0, 0.05) is 30.9 Å². The number of nitrogens with one attached hydrogen (secondary N) is 1. The van der Waals surface area contributed by atoms with Crippen LogP contribution in [0.25, 0.3) is 11.0 Å². The van der Waals surface area contributed by atoms with Gasteiger partial charge >= 0.3 is 5.97 Å². The molecule has 0 aromatic carbocycles. The summed E-state index contributed by atoms with van der Waals surface area (Å²) in [6.45, 7) is 0.929. The van der Waals surface area contributed by atoms with E-state index in [2.05, 4.69) is 9.97 Å². The van der Waals surface area contributed by atoms with E-state index in [0.29, 0.717) is 19.5 Å². The third-order valence-electron chi connectivity index (χ3n) is 5.53. The molecular formula is C17H19N3O3. The summed E-state index contributed by atoms with van der Waals surface area (Å²) in [6, 6.07) is 3.79. The molecule has 3 heterocycles. The second-order valence-corrected chi connectivity index (χ2v) is 6.71. The normalized spacial score (nSPS) is 26.6. The van der Waals surface area contributed by atoms with Gasteiger partial charge in [-0.3, -0.25) is 9.59 Å². The summed E-state index contributed by atoms with van der Waals surface area (Å²) in [5.41, 5.74) is 0.979. The lowest BCUT2D eigenvalue weighted by Gasteiger charge is -2.23. The number of carbonyl (C=O) groups is 2. The molecule has 2 aromatic rings. The summed E-state index contributed by atoms with van der Waals surface area (Å²) in [4.78, 5) is 33.4. The molecule has 6 nitrogen and oxygen atoms in total. The average Bonchev–Trinajstić information content (AvgIpc) is 3.19. The molecule has 1 aliphatic heterocycles. The molecule has 0 radical (unpaired) electrons. The van der Waals surface area contributed by atoms with Crippen LogP contribution in [0.3, 0.4) is 0 Å². The Morgan fingerprint density at radius 3 is 3.13 bits per heavy atom. The van der Waals surface area contributed by atoms with E-state index in [1.165, 1.54) is 0 Å². The van der Waals surface area contributed by atoms with Gasteiger partial charge in [-0.05, 0) is 36.5 Å². The first-order valence-electron chi connectivity index (χ1n) is 8.02. The minimum Gasteiger partial charge on any atom is -0.481 e. The molecule has 1 saturated heterocycles. The van der Waals surface area contributed by atoms with Gasteiger partial charge in [0.2, 0.25) is 5.91 Å². The molecule has 4 rings (SSSR count). The SMILES string of the molecule is O=C(Cc1c[nH]c2ncccc12)N1C[C@@H]2CCC[C@@]2(C(=O)O)C1. The van der Waals surface area contributed by atoms with Crippen LogP contribution in [0.5, 0.6) is 0 Å². The number of amides is 1. The van der Waals surface area contributed by atoms with Gasteiger partial charge in [0.15, 0.2) is 0 Å². The number of nitrogens with zero attached hydrogens (tertiary/aromatic N) is 2. The van der Waals surface area contributed by atoms with Gasteiger partial charge in [-0.2, -0.15) is 0 Å². The summed E-state index contributed by atoms with van der Waals surface area (Å²) in [6.07, 6.45) is 6.37. The van der Waals surface area contributed by atoms with Crippen LogP contribution < -0.4 is 0 Å². The van der Waals surface area contributed by atoms with Gasteiger partial charge in [0.05, 0.1) is 11.8 Å². The molecule has 1 saturated carbocycles. The number of aliphatic carboxylic acids is 1. The van der Waals surface area contributed by atoms with Gasteiger partial charge in [-0.25, -0.2) is 4.98 Å². The number of carbonyl (C=O) groups excluding carboxylic acids is 1. The highest BCUT2D eigenvalue weighted by Crippen LogP contribution is 2.48. The molecular weight excluding hydrogens is 294 g/mol. The molecule has 0 spiro atoms. The monoisotopic (exact) mass is 313 g/mol. The zero-order chi connectivity index (χ0) is 16.0. The smallest absolute Gasteiger partial charge is 0.311 e. The van der Waals surface area contributed by atoms with Crippen molar-refractivity contribution in [3.8, 4) is 0 Å². The standard InChI is InChI=1S/C17H19N3O3/c21-14(7-11-8-19-15-13(11)4-2-6-18-15)20-9-12-3-1-5-17(12,10-20)16(22)23/h2,4,6,8,12H,1,3,5,7,9-10H2,(H,18,19)(H,22,23)/t12-,17+/m0/s1. The topological polar surface area (TPSA) is 86.3 Å². The van der Waals surface area contributed by atoms with Crippen LogP contribution in [0.4, 0.5) is 0 Å². The molecule has 120 valence electrons. The van der Waals surface area contributed by atoms with Crippen LogP contribution >= 0.6 is 0 Å². The molecule has 1 aliphatic carbocycles. The summed E-state index contributed by atoms with van der Waals surface area (Å²) in [7, 11) is 0. The van der Waals surface area contributed by atoms with Crippen LogP contribution in [-0.4, -0.2) is 44.9 Å². The van der Waals surface area contributed by atoms with Crippen LogP contribution in [0.2, 0.25) is 0 Å². The molecule has 1 amide bonds. The third-order valence-corrected chi connectivity index (χ3v) is 5.53. The maximum Gasteiger partial charge on any atom is 0.311 e. The summed E-state index contributed by atoms with van der Waals surface area (Å²) >= 11 is 0. The predicted octanol–water partition coefficient (Wildman–Crippen LogP) is 1.82. The van der Waals surface area contributed by atoms with Gasteiger partial charge in [0.1, 0.15) is 5.65 Å². The number of rotatable bonds is 3. The molecule has 0 unspecified atom stereocenters. The van der Waals surface area contributed by atoms with Crippen molar-refractivity contribution in [1.29, 1.82) is 0 Å². The number of hydrogen-bond acceptors (Lipinski definition) is 3. The Balaban J connectivity index is 1.53. The molecule has 2 aromatic heterocycles. The average molecular weight is 313 g/mol. The second-order valence-electron chi connectivity index (χ2n) is 6.71. The van der Waals surface area contributed by atoms with Crippen LogP contribution in [0.15, 0.2) is 24.5 Å². The van der Waals surface area contributed by atoms with Crippen molar-refractivity contribution in [1.82, 2.24) is 14.9 Å². The van der Waals surface area contributed by atoms with Gasteiger partial charge in [-0.15, -0.1) is 0 Å². The van der Waals surface area contributed by atoms with Gasteiger partial charge in [-0.1, -0.05) is 6.42 Å². The van der Waals surface area contributed by atoms with Crippen LogP contribution in [0, 0.1) is 11.3 Å². The number of fused-ring (bicyclic) bond motifs is 2. The van der Waals surface area contributed by atoms with E-state index in [-0.39, 0.29) is 18.2 Å². The third kappa shape index (κ3) is 2.12. The van der Waals surface area contributed by atoms with E-state index in [1.807, 2.05) is 18.3 Å². The van der Waals surface area contributed by atoms with Crippen molar-refractivity contribution in [3.05, 3.63) is 30.1 Å². The Morgan fingerprint density at radius 2 is 2.35 bits per heavy atom. The highest BCUT2D eigenvalue weighted by atomic mass is 16.4. The maximum atomic E-state index is 12.7. The van der Waals surface area contributed by atoms with E-state index < -0.39 is 11.4 Å². The number of pyridine rings is 1. The lowest BCUT2D eigenvalue weighted by molar-refractivity contribution is -0.149. The number of likely N-dealkylation sites (tertiary alicyclic amines) is 1. The van der Waals surface area contributed by atoms with Crippen molar-refractivity contribution >= 4 is 22.9 Å². The molecule has 2 fully saturated rings. The quantitative estimate of drug-likeness (QED) is 0.905. The molecule has 2 aliphatic rings. The van der Waals surface area contributed by atoms with Gasteiger partial charge < -0.3 is 15.0 Å². The van der Waals surface area contributed by atoms with Crippen LogP contribution in [0.1, 0.15) is 24.8 Å². The first-order valence-corrected chi connectivity index (χ1v) is 8.02. The van der Waals surface area contributed by atoms with E-state index >= 15 is 0 Å². The first kappa shape index (κ1) is 14.2. The maximum absolute atomic E-state index is 12.7. The van der Waals surface area contributed by atoms with Crippen LogP contribution in [-0.2, 0) is 16.0 Å². The fourth-order valence-electron chi connectivity index (χ4n) is 4.26. The number of aromatic amines is 1. The van der Waals surface area contributed by atoms with Crippen molar-refractivity contribution in [2.24, 2.45) is 11.3 Å². The first-order chi connectivity index (χ1) is 11.1. The Hall–Kier alpha value is -2.37. The van der Waals surface area contributed by atoms with E-state index in [9.17, 15) is 14.7 Å². The molecule has 6 heteroatoms. The Labute approximate surface area is 133 Å². The van der Waals surface area contributed by atoms with Gasteiger partial charge in [0.25, 0.3) is 0 Å². The van der Waals surface area contributed by atoms with Crippen molar-refractivity contribution in [2.45, 2.75) is 25.7 Å². The Morgan fingerprint density at radius 1 is 1.48 bits per heavy atom. The second kappa shape index (κ2) is 5.08. The van der Waals surface area contributed by atoms with Crippen molar-refractivity contribution < 1.29 is 14.7 Å². The van der Waals surface area contributed by atoms with E-state index in [1.54, 1.807) is 11.1 Å². The van der Waals surface area contributed by atoms with Crippen molar-refractivity contribution in [2.75, 3.05) is 13.1 Å². The lowest BCUT2D eigenvalue weighted by atomic mass is 9.81. The number of carboxylic acids is 1. The predicted molar refractivity (Wildman–Crippen MR) is 83.8 cm³/mol. The fraction of sp³-hybridized carbons (Fsp3) is 0.471. The van der Waals surface area contributed by atoms with Crippen molar-refractivity contribution in [3.63, 3.8) is 0 Å². The highest BCUT2D eigenvalue weighted by Gasteiger charge is 2.55. The number of carboxylic acid groups (broad SMARTS) is 1.